The molecule has 6 heteroatoms. The van der Waals surface area contributed by atoms with E-state index < -0.39 is 0 Å². The lowest BCUT2D eigenvalue weighted by Gasteiger charge is -2.60. The molecule has 6 nitrogen and oxygen atoms in total. The first-order chi connectivity index (χ1) is 11.1. The quantitative estimate of drug-likeness (QED) is 0.757. The van der Waals surface area contributed by atoms with Crippen molar-refractivity contribution in [2.75, 3.05) is 13.2 Å². The summed E-state index contributed by atoms with van der Waals surface area (Å²) >= 11 is 0. The molecule has 2 N–H and O–H groups in total. The fourth-order valence-corrected chi connectivity index (χ4v) is 3.88. The first-order valence-corrected chi connectivity index (χ1v) is 8.79. The summed E-state index contributed by atoms with van der Waals surface area (Å²) in [6.07, 6.45) is 9.66. The maximum absolute atomic E-state index is 12.1. The van der Waals surface area contributed by atoms with E-state index in [1.165, 1.54) is 19.3 Å². The van der Waals surface area contributed by atoms with Gasteiger partial charge in [0.05, 0.1) is 12.3 Å². The summed E-state index contributed by atoms with van der Waals surface area (Å²) in [5, 5.41) is 10.3. The van der Waals surface area contributed by atoms with Crippen molar-refractivity contribution >= 4 is 6.03 Å². The van der Waals surface area contributed by atoms with Crippen molar-refractivity contribution in [2.24, 2.45) is 5.41 Å². The zero-order chi connectivity index (χ0) is 16.3. The average Bonchev–Trinajstić information content (AvgIpc) is 2.86. The number of carbonyl (C=O) groups is 1. The largest absolute Gasteiger partial charge is 0.378 e. The highest BCUT2D eigenvalue weighted by atomic mass is 16.5. The van der Waals surface area contributed by atoms with Gasteiger partial charge < -0.3 is 15.4 Å². The average molecular weight is 320 g/mol. The normalized spacial score (nSPS) is 24.8. The molecule has 2 saturated carbocycles. The van der Waals surface area contributed by atoms with Crippen LogP contribution in [0.4, 0.5) is 4.79 Å². The van der Waals surface area contributed by atoms with Crippen LogP contribution >= 0.6 is 0 Å². The molecule has 23 heavy (non-hydrogen) atoms. The molecule has 0 aromatic carbocycles. The summed E-state index contributed by atoms with van der Waals surface area (Å²) in [6.45, 7) is 6.33. The number of nitrogens with zero attached hydrogens (tertiary/aromatic N) is 2. The Kier molecular flexibility index (Phi) is 4.90. The molecule has 2 fully saturated rings. The molecule has 3 rings (SSSR count). The molecule has 2 amide bonds. The zero-order valence-corrected chi connectivity index (χ0v) is 14.2. The topological polar surface area (TPSA) is 68.2 Å². The van der Waals surface area contributed by atoms with E-state index in [0.717, 1.165) is 31.6 Å². The molecule has 0 saturated heterocycles. The molecule has 2 aliphatic carbocycles. The van der Waals surface area contributed by atoms with Crippen molar-refractivity contribution in [1.29, 1.82) is 0 Å². The van der Waals surface area contributed by atoms with Gasteiger partial charge in [-0.1, -0.05) is 6.42 Å². The van der Waals surface area contributed by atoms with Crippen LogP contribution in [0.25, 0.3) is 0 Å². The number of nitrogens with one attached hydrogen (secondary N) is 2. The maximum atomic E-state index is 12.1. The van der Waals surface area contributed by atoms with Gasteiger partial charge in [-0.05, 0) is 45.1 Å². The number of ether oxygens (including phenoxy) is 1. The molecule has 0 radical (unpaired) electrons. The van der Waals surface area contributed by atoms with Crippen LogP contribution < -0.4 is 10.6 Å². The van der Waals surface area contributed by atoms with Gasteiger partial charge in [-0.3, -0.25) is 4.68 Å². The van der Waals surface area contributed by atoms with Crippen molar-refractivity contribution < 1.29 is 9.53 Å². The lowest BCUT2D eigenvalue weighted by molar-refractivity contribution is -0.169. The smallest absolute Gasteiger partial charge is 0.315 e. The molecule has 0 bridgehead atoms. The lowest BCUT2D eigenvalue weighted by atomic mass is 9.51. The Morgan fingerprint density at radius 2 is 2.35 bits per heavy atom. The summed E-state index contributed by atoms with van der Waals surface area (Å²) in [4.78, 5) is 12.1. The molecule has 1 aromatic heterocycles. The van der Waals surface area contributed by atoms with Crippen LogP contribution in [0.1, 0.15) is 44.6 Å². The van der Waals surface area contributed by atoms with Crippen LogP contribution in [0.2, 0.25) is 0 Å². The molecule has 0 aliphatic heterocycles. The highest BCUT2D eigenvalue weighted by molar-refractivity contribution is 5.74. The van der Waals surface area contributed by atoms with E-state index in [4.69, 9.17) is 4.74 Å². The van der Waals surface area contributed by atoms with Crippen LogP contribution in [-0.2, 0) is 11.3 Å². The fraction of sp³-hybridized carbons (Fsp3) is 0.765. The predicted octanol–water partition coefficient (Wildman–Crippen LogP) is 2.23. The first-order valence-electron chi connectivity index (χ1n) is 8.79. The van der Waals surface area contributed by atoms with Gasteiger partial charge >= 0.3 is 6.03 Å². The number of amides is 2. The number of aryl methyl sites for hydroxylation is 2. The van der Waals surface area contributed by atoms with Crippen molar-refractivity contribution in [1.82, 2.24) is 20.4 Å². The fourth-order valence-electron chi connectivity index (χ4n) is 3.88. The molecule has 0 unspecified atom stereocenters. The number of hydrogen-bond donors (Lipinski definition) is 2. The van der Waals surface area contributed by atoms with Crippen LogP contribution in [0.5, 0.6) is 0 Å². The molecule has 2 atom stereocenters. The second-order valence-corrected chi connectivity index (χ2v) is 6.85. The minimum absolute atomic E-state index is 0.0483. The van der Waals surface area contributed by atoms with Gasteiger partial charge in [-0.25, -0.2) is 4.79 Å². The third-order valence-electron chi connectivity index (χ3n) is 5.35. The van der Waals surface area contributed by atoms with Gasteiger partial charge in [0.15, 0.2) is 0 Å². The van der Waals surface area contributed by atoms with Crippen molar-refractivity contribution in [3.05, 3.63) is 18.0 Å². The van der Waals surface area contributed by atoms with Gasteiger partial charge in [0, 0.05) is 37.4 Å². The number of hydrogen-bond acceptors (Lipinski definition) is 3. The van der Waals surface area contributed by atoms with Crippen LogP contribution in [0.15, 0.2) is 12.4 Å². The molecular formula is C17H28N4O2. The minimum atomic E-state index is -0.0483. The number of urea groups is 1. The molecule has 2 aliphatic rings. The molecule has 1 aromatic rings. The second-order valence-electron chi connectivity index (χ2n) is 6.85. The third kappa shape index (κ3) is 3.37. The van der Waals surface area contributed by atoms with Gasteiger partial charge in [0.2, 0.25) is 0 Å². The highest BCUT2D eigenvalue weighted by Crippen LogP contribution is 2.57. The van der Waals surface area contributed by atoms with Crippen LogP contribution in [-0.4, -0.2) is 41.1 Å². The van der Waals surface area contributed by atoms with Crippen LogP contribution in [0.3, 0.4) is 0 Å². The Hall–Kier alpha value is -1.56. The Morgan fingerprint density at radius 3 is 2.96 bits per heavy atom. The van der Waals surface area contributed by atoms with E-state index in [-0.39, 0.29) is 17.5 Å². The Morgan fingerprint density at radius 1 is 1.52 bits per heavy atom. The van der Waals surface area contributed by atoms with E-state index >= 15 is 0 Å². The van der Waals surface area contributed by atoms with Gasteiger partial charge in [-0.15, -0.1) is 0 Å². The second kappa shape index (κ2) is 6.91. The summed E-state index contributed by atoms with van der Waals surface area (Å²) < 4.78 is 7.73. The number of rotatable bonds is 7. The Bertz CT molecular complexity index is 538. The molecule has 1 heterocycles. The summed E-state index contributed by atoms with van der Waals surface area (Å²) in [6, 6.07) is 0.231. The summed E-state index contributed by atoms with van der Waals surface area (Å²) in [5.41, 5.74) is 1.38. The van der Waals surface area contributed by atoms with Crippen molar-refractivity contribution in [3.8, 4) is 0 Å². The predicted molar refractivity (Wildman–Crippen MR) is 88.2 cm³/mol. The van der Waals surface area contributed by atoms with Crippen LogP contribution in [0, 0.1) is 12.3 Å². The number of aromatic nitrogens is 2. The van der Waals surface area contributed by atoms with E-state index in [2.05, 4.69) is 15.7 Å². The Labute approximate surface area is 138 Å². The summed E-state index contributed by atoms with van der Waals surface area (Å²) in [5.74, 6) is 0. The monoisotopic (exact) mass is 320 g/mol. The molecule has 1 spiro atoms. The third-order valence-corrected chi connectivity index (χ3v) is 5.35. The van der Waals surface area contributed by atoms with E-state index in [1.807, 2.05) is 30.9 Å². The van der Waals surface area contributed by atoms with E-state index in [1.54, 1.807) is 0 Å². The summed E-state index contributed by atoms with van der Waals surface area (Å²) in [7, 11) is 0. The highest BCUT2D eigenvalue weighted by Gasteiger charge is 2.59. The van der Waals surface area contributed by atoms with E-state index in [0.29, 0.717) is 12.6 Å². The molecule has 128 valence electrons. The first kappa shape index (κ1) is 16.3. The number of carbonyl (C=O) groups excluding carboxylic acids is 1. The van der Waals surface area contributed by atoms with E-state index in [9.17, 15) is 4.79 Å². The zero-order valence-electron chi connectivity index (χ0n) is 14.2. The standard InChI is InChI=1S/C17H28N4O2/c1-3-23-15-10-14(17(15)6-4-7-17)20-16(22)18-8-5-9-21-12-13(2)11-19-21/h11-12,14-15H,3-10H2,1-2H3,(H2,18,20,22)/t14-,15+/m1/s1. The van der Waals surface area contributed by atoms with Gasteiger partial charge in [0.1, 0.15) is 0 Å². The SMILES string of the molecule is CCO[C@H]1C[C@@H](NC(=O)NCCCn2cc(C)cn2)C12CCC2. The van der Waals surface area contributed by atoms with Crippen molar-refractivity contribution in [2.45, 2.75) is 64.6 Å². The van der Waals surface area contributed by atoms with Gasteiger partial charge in [-0.2, -0.15) is 5.10 Å². The lowest BCUT2D eigenvalue weighted by Crippen LogP contribution is -2.68. The Balaban J connectivity index is 1.35. The molecular weight excluding hydrogens is 292 g/mol. The van der Waals surface area contributed by atoms with Gasteiger partial charge in [0.25, 0.3) is 0 Å². The minimum Gasteiger partial charge on any atom is -0.378 e. The van der Waals surface area contributed by atoms with Crippen molar-refractivity contribution in [3.63, 3.8) is 0 Å². The maximum Gasteiger partial charge on any atom is 0.315 e.